The van der Waals surface area contributed by atoms with Crippen LogP contribution in [0, 0.1) is 0 Å². The van der Waals surface area contributed by atoms with E-state index in [0.717, 1.165) is 24.2 Å². The minimum atomic E-state index is -0.0502. The number of benzene rings is 1. The molecule has 0 bridgehead atoms. The molecule has 0 unspecified atom stereocenters. The lowest BCUT2D eigenvalue weighted by atomic mass is 10.1. The molecule has 4 heterocycles. The molecule has 5 rings (SSSR count). The lowest BCUT2D eigenvalue weighted by molar-refractivity contribution is -0.125. The van der Waals surface area contributed by atoms with Gasteiger partial charge in [0.1, 0.15) is 11.8 Å². The summed E-state index contributed by atoms with van der Waals surface area (Å²) in [6.07, 6.45) is 4.94. The number of carbonyl (C=O) groups is 1. The lowest BCUT2D eigenvalue weighted by Crippen LogP contribution is -2.41. The second kappa shape index (κ2) is 9.64. The van der Waals surface area contributed by atoms with Gasteiger partial charge in [0.05, 0.1) is 41.3 Å². The minimum absolute atomic E-state index is 0.0502. The first-order valence-corrected chi connectivity index (χ1v) is 11.4. The van der Waals surface area contributed by atoms with Gasteiger partial charge in [-0.2, -0.15) is 5.10 Å². The summed E-state index contributed by atoms with van der Waals surface area (Å²) in [5.74, 6) is 0.324. The van der Waals surface area contributed by atoms with Crippen LogP contribution in [0.15, 0.2) is 36.7 Å². The number of hydrogen-bond donors (Lipinski definition) is 1. The summed E-state index contributed by atoms with van der Waals surface area (Å²) in [4.78, 5) is 22.6. The van der Waals surface area contributed by atoms with E-state index in [1.807, 2.05) is 28.9 Å². The molecule has 2 saturated heterocycles. The van der Waals surface area contributed by atoms with E-state index in [-0.39, 0.29) is 18.6 Å². The fourth-order valence-corrected chi connectivity index (χ4v) is 4.46. The smallest absolute Gasteiger partial charge is 0.253 e. The first-order chi connectivity index (χ1) is 16.1. The molecular formula is C22H22Cl2N6O3. The van der Waals surface area contributed by atoms with Crippen LogP contribution in [0.4, 0.5) is 17.3 Å². The van der Waals surface area contributed by atoms with Gasteiger partial charge in [-0.25, -0.2) is 9.97 Å². The summed E-state index contributed by atoms with van der Waals surface area (Å²) in [6.45, 7) is 2.56. The first-order valence-electron chi connectivity index (χ1n) is 10.7. The van der Waals surface area contributed by atoms with E-state index in [1.54, 1.807) is 11.1 Å². The van der Waals surface area contributed by atoms with Crippen LogP contribution < -0.4 is 10.2 Å². The number of rotatable bonds is 5. The molecule has 1 N–H and O–H groups in total. The Morgan fingerprint density at radius 3 is 2.58 bits per heavy atom. The number of nitrogens with one attached hydrogen (secondary N) is 1. The Labute approximate surface area is 200 Å². The molecule has 3 aromatic rings. The van der Waals surface area contributed by atoms with Crippen molar-refractivity contribution in [2.75, 3.05) is 43.2 Å². The van der Waals surface area contributed by atoms with Gasteiger partial charge in [-0.1, -0.05) is 23.2 Å². The molecule has 2 fully saturated rings. The normalized spacial score (nSPS) is 17.4. The molecule has 9 nitrogen and oxygen atoms in total. The zero-order valence-corrected chi connectivity index (χ0v) is 19.2. The van der Waals surface area contributed by atoms with Crippen LogP contribution >= 0.6 is 23.2 Å². The summed E-state index contributed by atoms with van der Waals surface area (Å²) in [7, 11) is 0. The van der Waals surface area contributed by atoms with Crippen LogP contribution in [-0.2, 0) is 14.3 Å². The van der Waals surface area contributed by atoms with Gasteiger partial charge in [0.25, 0.3) is 5.91 Å². The predicted molar refractivity (Wildman–Crippen MR) is 125 cm³/mol. The topological polar surface area (TPSA) is 94.4 Å². The zero-order chi connectivity index (χ0) is 22.8. The fraction of sp³-hybridized carbons (Fsp3) is 0.364. The van der Waals surface area contributed by atoms with E-state index >= 15 is 0 Å². The number of aromatic nitrogens is 4. The maximum atomic E-state index is 12.0. The summed E-state index contributed by atoms with van der Waals surface area (Å²) in [6, 6.07) is 7.67. The molecule has 2 aliphatic rings. The van der Waals surface area contributed by atoms with Gasteiger partial charge in [0.2, 0.25) is 5.95 Å². The number of hydrogen-bond acceptors (Lipinski definition) is 7. The number of amides is 1. The Morgan fingerprint density at radius 1 is 1.03 bits per heavy atom. The average molecular weight is 489 g/mol. The number of anilines is 3. The van der Waals surface area contributed by atoms with E-state index in [9.17, 15) is 4.79 Å². The number of nitrogens with zero attached hydrogens (tertiary/aromatic N) is 5. The Hall–Kier alpha value is -2.72. The molecule has 0 radical (unpaired) electrons. The molecule has 172 valence electrons. The van der Waals surface area contributed by atoms with Crippen LogP contribution in [0.2, 0.25) is 10.2 Å². The van der Waals surface area contributed by atoms with Gasteiger partial charge in [-0.05, 0) is 37.1 Å². The van der Waals surface area contributed by atoms with Gasteiger partial charge in [0, 0.05) is 31.1 Å². The van der Waals surface area contributed by atoms with Crippen molar-refractivity contribution in [2.24, 2.45) is 0 Å². The third-order valence-corrected chi connectivity index (χ3v) is 6.34. The van der Waals surface area contributed by atoms with Crippen molar-refractivity contribution in [1.82, 2.24) is 19.7 Å². The largest absolute Gasteiger partial charge is 0.381 e. The van der Waals surface area contributed by atoms with Crippen LogP contribution in [-0.4, -0.2) is 58.6 Å². The van der Waals surface area contributed by atoms with Crippen molar-refractivity contribution < 1.29 is 14.3 Å². The van der Waals surface area contributed by atoms with Gasteiger partial charge >= 0.3 is 0 Å². The lowest BCUT2D eigenvalue weighted by Gasteiger charge is -2.26. The Bertz CT molecular complexity index is 1150. The molecule has 0 atom stereocenters. The van der Waals surface area contributed by atoms with Crippen molar-refractivity contribution in [2.45, 2.75) is 18.9 Å². The average Bonchev–Trinajstić information content (AvgIpc) is 3.23. The van der Waals surface area contributed by atoms with Gasteiger partial charge in [0.15, 0.2) is 0 Å². The number of morpholine rings is 1. The predicted octanol–water partition coefficient (Wildman–Crippen LogP) is 4.11. The second-order valence-electron chi connectivity index (χ2n) is 7.80. The molecule has 1 aromatic carbocycles. The highest BCUT2D eigenvalue weighted by Gasteiger charge is 2.23. The van der Waals surface area contributed by atoms with Crippen LogP contribution in [0.5, 0.6) is 0 Å². The quantitative estimate of drug-likeness (QED) is 0.577. The maximum absolute atomic E-state index is 12.0. The maximum Gasteiger partial charge on any atom is 0.253 e. The van der Waals surface area contributed by atoms with E-state index in [1.165, 1.54) is 6.20 Å². The molecule has 11 heteroatoms. The summed E-state index contributed by atoms with van der Waals surface area (Å²) in [5, 5.41) is 8.53. The van der Waals surface area contributed by atoms with E-state index in [0.29, 0.717) is 53.7 Å². The molecule has 0 saturated carbocycles. The molecular weight excluding hydrogens is 467 g/mol. The third-order valence-electron chi connectivity index (χ3n) is 5.69. The van der Waals surface area contributed by atoms with Gasteiger partial charge < -0.3 is 19.7 Å². The molecule has 0 aliphatic carbocycles. The first kappa shape index (κ1) is 22.1. The standard InChI is InChI=1S/C22H22Cl2N6O3/c23-18-12-25-22(27-14-1-3-15(4-2-14)29-7-10-33-13-19(29)31)28-20(18)17-11-26-30(21(17)24)16-5-8-32-9-6-16/h1-4,11-12,16H,5-10,13H2,(H,25,27,28). The van der Waals surface area contributed by atoms with E-state index in [2.05, 4.69) is 20.4 Å². The summed E-state index contributed by atoms with van der Waals surface area (Å²) in [5.41, 5.74) is 2.75. The van der Waals surface area contributed by atoms with Crippen molar-refractivity contribution in [3.05, 3.63) is 46.8 Å². The summed E-state index contributed by atoms with van der Waals surface area (Å²) >= 11 is 13.1. The van der Waals surface area contributed by atoms with Gasteiger partial charge in [-0.15, -0.1) is 0 Å². The van der Waals surface area contributed by atoms with Crippen molar-refractivity contribution in [1.29, 1.82) is 0 Å². The second-order valence-corrected chi connectivity index (χ2v) is 8.56. The Kier molecular flexibility index (Phi) is 6.45. The van der Waals surface area contributed by atoms with E-state index < -0.39 is 0 Å². The third kappa shape index (κ3) is 4.67. The monoisotopic (exact) mass is 488 g/mol. The minimum Gasteiger partial charge on any atom is -0.381 e. The number of carbonyl (C=O) groups excluding carboxylic acids is 1. The highest BCUT2D eigenvalue weighted by Crippen LogP contribution is 2.35. The highest BCUT2D eigenvalue weighted by molar-refractivity contribution is 6.35. The van der Waals surface area contributed by atoms with Crippen molar-refractivity contribution in [3.8, 4) is 11.3 Å². The Balaban J connectivity index is 1.35. The molecule has 0 spiro atoms. The molecule has 2 aromatic heterocycles. The zero-order valence-electron chi connectivity index (χ0n) is 17.7. The molecule has 2 aliphatic heterocycles. The SMILES string of the molecule is O=C1COCCN1c1ccc(Nc2ncc(Cl)c(-c3cnn(C4CCOCC4)c3Cl)n2)cc1. The van der Waals surface area contributed by atoms with Gasteiger partial charge in [-0.3, -0.25) is 9.48 Å². The van der Waals surface area contributed by atoms with Crippen LogP contribution in [0.25, 0.3) is 11.3 Å². The fourth-order valence-electron chi connectivity index (χ4n) is 3.95. The number of halogens is 2. The molecule has 33 heavy (non-hydrogen) atoms. The van der Waals surface area contributed by atoms with E-state index in [4.69, 9.17) is 32.7 Å². The number of ether oxygens (including phenoxy) is 2. The van der Waals surface area contributed by atoms with Crippen molar-refractivity contribution >= 4 is 46.4 Å². The summed E-state index contributed by atoms with van der Waals surface area (Å²) < 4.78 is 12.4. The van der Waals surface area contributed by atoms with Crippen molar-refractivity contribution in [3.63, 3.8) is 0 Å². The Morgan fingerprint density at radius 2 is 1.82 bits per heavy atom. The van der Waals surface area contributed by atoms with Crippen LogP contribution in [0.1, 0.15) is 18.9 Å². The highest BCUT2D eigenvalue weighted by atomic mass is 35.5. The van der Waals surface area contributed by atoms with Crippen LogP contribution in [0.3, 0.4) is 0 Å². The molecule has 1 amide bonds.